The van der Waals surface area contributed by atoms with Gasteiger partial charge in [-0.3, -0.25) is 0 Å². The molecule has 0 unspecified atom stereocenters. The first-order valence-corrected chi connectivity index (χ1v) is 6.31. The van der Waals surface area contributed by atoms with Crippen LogP contribution in [-0.2, 0) is 11.3 Å². The highest BCUT2D eigenvalue weighted by Crippen LogP contribution is 2.34. The van der Waals surface area contributed by atoms with E-state index in [1.807, 2.05) is 0 Å². The molecule has 2 N–H and O–H groups in total. The highest BCUT2D eigenvalue weighted by atomic mass is 16.6. The van der Waals surface area contributed by atoms with Gasteiger partial charge in [0.2, 0.25) is 0 Å². The van der Waals surface area contributed by atoms with Crippen molar-refractivity contribution in [3.63, 3.8) is 0 Å². The summed E-state index contributed by atoms with van der Waals surface area (Å²) in [6.45, 7) is 0.615. The van der Waals surface area contributed by atoms with Gasteiger partial charge in [-0.2, -0.15) is 0 Å². The lowest BCUT2D eigenvalue weighted by Gasteiger charge is -2.24. The highest BCUT2D eigenvalue weighted by Gasteiger charge is 2.17. The average molecular weight is 219 g/mol. The van der Waals surface area contributed by atoms with Crippen molar-refractivity contribution in [1.29, 1.82) is 0 Å². The summed E-state index contributed by atoms with van der Waals surface area (Å²) in [6, 6.07) is 8.75. The van der Waals surface area contributed by atoms with E-state index in [2.05, 4.69) is 29.1 Å². The average Bonchev–Trinajstić information content (AvgIpc) is 2.38. The summed E-state index contributed by atoms with van der Waals surface area (Å²) in [5.41, 5.74) is 2.94. The third-order valence-electron chi connectivity index (χ3n) is 3.59. The summed E-state index contributed by atoms with van der Waals surface area (Å²) in [5, 5.41) is 0. The van der Waals surface area contributed by atoms with Gasteiger partial charge < -0.3 is 4.84 Å². The Labute approximate surface area is 97.8 Å². The molecule has 1 aromatic carbocycles. The van der Waals surface area contributed by atoms with Crippen LogP contribution in [0.2, 0.25) is 0 Å². The predicted molar refractivity (Wildman–Crippen MR) is 66.1 cm³/mol. The Hall–Kier alpha value is -0.860. The van der Waals surface area contributed by atoms with Gasteiger partial charge in [-0.1, -0.05) is 43.5 Å². The van der Waals surface area contributed by atoms with E-state index in [1.54, 1.807) is 0 Å². The van der Waals surface area contributed by atoms with Gasteiger partial charge in [0.05, 0.1) is 6.61 Å². The van der Waals surface area contributed by atoms with E-state index in [0.717, 1.165) is 12.3 Å². The SMILES string of the molecule is NOCCc1ccccc1C1CCCCC1. The first kappa shape index (κ1) is 11.6. The molecule has 16 heavy (non-hydrogen) atoms. The molecule has 1 aromatic rings. The molecule has 0 heterocycles. The van der Waals surface area contributed by atoms with Crippen LogP contribution in [0, 0.1) is 0 Å². The van der Waals surface area contributed by atoms with Gasteiger partial charge in [0, 0.05) is 0 Å². The maximum absolute atomic E-state index is 5.10. The van der Waals surface area contributed by atoms with Crippen molar-refractivity contribution in [2.45, 2.75) is 44.4 Å². The van der Waals surface area contributed by atoms with Crippen molar-refractivity contribution in [1.82, 2.24) is 0 Å². The Balaban J connectivity index is 2.11. The van der Waals surface area contributed by atoms with Gasteiger partial charge in [-0.15, -0.1) is 0 Å². The van der Waals surface area contributed by atoms with Crippen molar-refractivity contribution < 1.29 is 4.84 Å². The van der Waals surface area contributed by atoms with Crippen LogP contribution in [0.5, 0.6) is 0 Å². The maximum atomic E-state index is 5.10. The van der Waals surface area contributed by atoms with Gasteiger partial charge in [0.15, 0.2) is 0 Å². The molecule has 2 heteroatoms. The molecular weight excluding hydrogens is 198 g/mol. The largest absolute Gasteiger partial charge is 0.304 e. The lowest BCUT2D eigenvalue weighted by molar-refractivity contribution is 0.141. The molecule has 1 saturated carbocycles. The summed E-state index contributed by atoms with van der Waals surface area (Å²) in [4.78, 5) is 4.69. The topological polar surface area (TPSA) is 35.2 Å². The van der Waals surface area contributed by atoms with Crippen LogP contribution in [0.3, 0.4) is 0 Å². The maximum Gasteiger partial charge on any atom is 0.0719 e. The van der Waals surface area contributed by atoms with E-state index in [1.165, 1.54) is 43.2 Å². The number of benzene rings is 1. The number of nitrogens with two attached hydrogens (primary N) is 1. The fourth-order valence-electron chi connectivity index (χ4n) is 2.74. The third kappa shape index (κ3) is 2.83. The first-order valence-electron chi connectivity index (χ1n) is 6.31. The summed E-state index contributed by atoms with van der Waals surface area (Å²) >= 11 is 0. The van der Waals surface area contributed by atoms with Crippen molar-refractivity contribution in [2.24, 2.45) is 5.90 Å². The highest BCUT2D eigenvalue weighted by molar-refractivity contribution is 5.31. The van der Waals surface area contributed by atoms with Crippen LogP contribution >= 0.6 is 0 Å². The molecule has 1 aliphatic carbocycles. The second-order valence-electron chi connectivity index (χ2n) is 4.65. The van der Waals surface area contributed by atoms with E-state index < -0.39 is 0 Å². The normalized spacial score (nSPS) is 17.6. The van der Waals surface area contributed by atoms with Crippen LogP contribution in [0.4, 0.5) is 0 Å². The van der Waals surface area contributed by atoms with E-state index in [-0.39, 0.29) is 0 Å². The second kappa shape index (κ2) is 6.02. The van der Waals surface area contributed by atoms with Gasteiger partial charge in [0.1, 0.15) is 0 Å². The van der Waals surface area contributed by atoms with Gasteiger partial charge in [-0.05, 0) is 36.3 Å². The molecule has 0 aromatic heterocycles. The van der Waals surface area contributed by atoms with E-state index in [0.29, 0.717) is 6.61 Å². The van der Waals surface area contributed by atoms with Crippen LogP contribution in [0.15, 0.2) is 24.3 Å². The molecule has 2 nitrogen and oxygen atoms in total. The third-order valence-corrected chi connectivity index (χ3v) is 3.59. The fourth-order valence-corrected chi connectivity index (χ4v) is 2.74. The smallest absolute Gasteiger partial charge is 0.0719 e. The molecule has 0 amide bonds. The minimum atomic E-state index is 0.615. The zero-order valence-corrected chi connectivity index (χ0v) is 9.82. The van der Waals surface area contributed by atoms with Crippen LogP contribution in [0.25, 0.3) is 0 Å². The Kier molecular flexibility index (Phi) is 4.37. The van der Waals surface area contributed by atoms with E-state index >= 15 is 0 Å². The molecule has 0 bridgehead atoms. The monoisotopic (exact) mass is 219 g/mol. The summed E-state index contributed by atoms with van der Waals surface area (Å²) in [6.07, 6.45) is 7.80. The molecule has 0 spiro atoms. The molecule has 1 aliphatic rings. The minimum Gasteiger partial charge on any atom is -0.304 e. The first-order chi connectivity index (χ1) is 7.92. The predicted octanol–water partition coefficient (Wildman–Crippen LogP) is 3.17. The molecule has 0 radical (unpaired) electrons. The van der Waals surface area contributed by atoms with Crippen LogP contribution < -0.4 is 5.90 Å². The Morgan fingerprint density at radius 2 is 1.88 bits per heavy atom. The van der Waals surface area contributed by atoms with Crippen molar-refractivity contribution in [3.8, 4) is 0 Å². The number of hydrogen-bond donors (Lipinski definition) is 1. The Morgan fingerprint density at radius 1 is 1.12 bits per heavy atom. The van der Waals surface area contributed by atoms with Gasteiger partial charge in [-0.25, -0.2) is 5.90 Å². The summed E-state index contributed by atoms with van der Waals surface area (Å²) in [7, 11) is 0. The Morgan fingerprint density at radius 3 is 2.62 bits per heavy atom. The summed E-state index contributed by atoms with van der Waals surface area (Å²) in [5.74, 6) is 5.87. The van der Waals surface area contributed by atoms with Gasteiger partial charge >= 0.3 is 0 Å². The van der Waals surface area contributed by atoms with Crippen molar-refractivity contribution in [2.75, 3.05) is 6.61 Å². The molecule has 2 rings (SSSR count). The minimum absolute atomic E-state index is 0.615. The van der Waals surface area contributed by atoms with E-state index in [9.17, 15) is 0 Å². The standard InChI is InChI=1S/C14H21NO/c15-16-11-10-13-8-4-5-9-14(13)12-6-2-1-3-7-12/h4-5,8-9,12H,1-3,6-7,10-11,15H2. The molecule has 1 fully saturated rings. The zero-order chi connectivity index (χ0) is 11.2. The number of hydrogen-bond acceptors (Lipinski definition) is 2. The molecule has 88 valence electrons. The molecular formula is C14H21NO. The Bertz CT molecular complexity index is 318. The lowest BCUT2D eigenvalue weighted by atomic mass is 9.81. The number of rotatable bonds is 4. The molecule has 0 saturated heterocycles. The summed E-state index contributed by atoms with van der Waals surface area (Å²) < 4.78 is 0. The lowest BCUT2D eigenvalue weighted by Crippen LogP contribution is -2.10. The molecule has 0 aliphatic heterocycles. The second-order valence-corrected chi connectivity index (χ2v) is 4.65. The van der Waals surface area contributed by atoms with Crippen molar-refractivity contribution >= 4 is 0 Å². The van der Waals surface area contributed by atoms with Gasteiger partial charge in [0.25, 0.3) is 0 Å². The van der Waals surface area contributed by atoms with E-state index in [4.69, 9.17) is 5.90 Å². The van der Waals surface area contributed by atoms with Crippen LogP contribution in [0.1, 0.15) is 49.1 Å². The van der Waals surface area contributed by atoms with Crippen molar-refractivity contribution in [3.05, 3.63) is 35.4 Å². The fraction of sp³-hybridized carbons (Fsp3) is 0.571. The quantitative estimate of drug-likeness (QED) is 0.789. The zero-order valence-electron chi connectivity index (χ0n) is 9.82. The molecule has 0 atom stereocenters. The van der Waals surface area contributed by atoms with Crippen LogP contribution in [-0.4, -0.2) is 6.61 Å².